The summed E-state index contributed by atoms with van der Waals surface area (Å²) in [6.45, 7) is 0.878. The van der Waals surface area contributed by atoms with Crippen molar-refractivity contribution in [2.45, 2.75) is 17.7 Å². The van der Waals surface area contributed by atoms with Crippen LogP contribution in [0.25, 0.3) is 0 Å². The van der Waals surface area contributed by atoms with Gasteiger partial charge in [0.25, 0.3) is 0 Å². The number of aromatic nitrogens is 2. The first kappa shape index (κ1) is 16.2. The minimum atomic E-state index is -3.70. The summed E-state index contributed by atoms with van der Waals surface area (Å²) >= 11 is 0. The first-order chi connectivity index (χ1) is 9.70. The predicted octanol–water partition coefficient (Wildman–Crippen LogP) is -1.06. The second kappa shape index (κ2) is 5.91. The number of rotatable bonds is 5. The molecule has 0 saturated carbocycles. The largest absolute Gasteiger partial charge is 0.383 e. The Labute approximate surface area is 124 Å². The van der Waals surface area contributed by atoms with E-state index in [1.54, 1.807) is 0 Å². The van der Waals surface area contributed by atoms with Gasteiger partial charge in [-0.1, -0.05) is 0 Å². The molecule has 2 heterocycles. The van der Waals surface area contributed by atoms with E-state index in [-0.39, 0.29) is 29.7 Å². The number of aromatic amines is 1. The van der Waals surface area contributed by atoms with Crippen molar-refractivity contribution in [2.24, 2.45) is 5.92 Å². The maximum Gasteiger partial charge on any atom is 0.248 e. The van der Waals surface area contributed by atoms with Gasteiger partial charge in [0.2, 0.25) is 20.0 Å². The summed E-state index contributed by atoms with van der Waals surface area (Å²) < 4.78 is 50.9. The Hall–Kier alpha value is -1.17. The van der Waals surface area contributed by atoms with Crippen molar-refractivity contribution < 1.29 is 16.8 Å². The van der Waals surface area contributed by atoms with Gasteiger partial charge in [-0.2, -0.15) is 9.40 Å². The van der Waals surface area contributed by atoms with Gasteiger partial charge in [0.1, 0.15) is 10.7 Å². The van der Waals surface area contributed by atoms with Crippen LogP contribution >= 0.6 is 0 Å². The van der Waals surface area contributed by atoms with Crippen LogP contribution in [0.4, 0.5) is 5.82 Å². The standard InChI is InChI=1S/C10H19N5O4S2/c1-20(16,17)13-5-8-3-2-4-15(7-8)21(18,19)9-6-12-14-10(9)11/h6,8,13H,2-5,7H2,1H3,(H3,11,12,14). The molecule has 0 radical (unpaired) electrons. The first-order valence-electron chi connectivity index (χ1n) is 6.44. The second-order valence-electron chi connectivity index (χ2n) is 5.14. The van der Waals surface area contributed by atoms with E-state index >= 15 is 0 Å². The van der Waals surface area contributed by atoms with E-state index < -0.39 is 20.0 Å². The summed E-state index contributed by atoms with van der Waals surface area (Å²) in [5, 5.41) is 6.02. The Morgan fingerprint density at radius 3 is 2.76 bits per heavy atom. The zero-order valence-corrected chi connectivity index (χ0v) is 13.2. The van der Waals surface area contributed by atoms with Gasteiger partial charge in [0.15, 0.2) is 0 Å². The number of anilines is 1. The fourth-order valence-electron chi connectivity index (χ4n) is 2.31. The van der Waals surface area contributed by atoms with Crippen LogP contribution in [0.2, 0.25) is 0 Å². The quantitative estimate of drug-likeness (QED) is 0.626. The van der Waals surface area contributed by atoms with Crippen molar-refractivity contribution in [1.29, 1.82) is 0 Å². The highest BCUT2D eigenvalue weighted by Crippen LogP contribution is 2.25. The summed E-state index contributed by atoms with van der Waals surface area (Å²) in [6.07, 6.45) is 3.71. The highest BCUT2D eigenvalue weighted by molar-refractivity contribution is 7.89. The smallest absolute Gasteiger partial charge is 0.248 e. The molecule has 2 rings (SSSR count). The Morgan fingerprint density at radius 2 is 2.19 bits per heavy atom. The van der Waals surface area contributed by atoms with E-state index in [0.717, 1.165) is 12.7 Å². The lowest BCUT2D eigenvalue weighted by Crippen LogP contribution is -2.43. The number of nitrogens with two attached hydrogens (primary N) is 1. The molecule has 0 amide bonds. The first-order valence-corrected chi connectivity index (χ1v) is 9.77. The van der Waals surface area contributed by atoms with Gasteiger partial charge < -0.3 is 5.73 Å². The Kier molecular flexibility index (Phi) is 4.56. The van der Waals surface area contributed by atoms with E-state index in [4.69, 9.17) is 5.73 Å². The molecule has 0 aromatic carbocycles. The number of sulfonamides is 2. The minimum Gasteiger partial charge on any atom is -0.383 e. The molecular weight excluding hydrogens is 318 g/mol. The SMILES string of the molecule is CS(=O)(=O)NCC1CCCN(S(=O)(=O)c2cn[nH]c2N)C1. The van der Waals surface area contributed by atoms with Gasteiger partial charge in [-0.3, -0.25) is 5.10 Å². The third-order valence-corrected chi connectivity index (χ3v) is 5.95. The predicted molar refractivity (Wildman–Crippen MR) is 77.3 cm³/mol. The summed E-state index contributed by atoms with van der Waals surface area (Å²) in [7, 11) is -6.98. The monoisotopic (exact) mass is 337 g/mol. The molecule has 0 bridgehead atoms. The molecule has 1 unspecified atom stereocenters. The lowest BCUT2D eigenvalue weighted by Gasteiger charge is -2.31. The Balaban J connectivity index is 2.09. The molecule has 1 fully saturated rings. The summed E-state index contributed by atoms with van der Waals surface area (Å²) in [5.74, 6) is -0.0530. The van der Waals surface area contributed by atoms with Crippen molar-refractivity contribution >= 4 is 25.9 Å². The molecule has 1 aromatic rings. The van der Waals surface area contributed by atoms with Crippen LogP contribution < -0.4 is 10.5 Å². The summed E-state index contributed by atoms with van der Waals surface area (Å²) in [4.78, 5) is -0.0424. The van der Waals surface area contributed by atoms with Gasteiger partial charge in [-0.05, 0) is 18.8 Å². The molecule has 11 heteroatoms. The average molecular weight is 337 g/mol. The molecule has 0 spiro atoms. The van der Waals surface area contributed by atoms with Gasteiger partial charge in [-0.15, -0.1) is 0 Å². The molecule has 21 heavy (non-hydrogen) atoms. The normalized spacial score (nSPS) is 21.5. The third-order valence-electron chi connectivity index (χ3n) is 3.37. The molecule has 0 aliphatic carbocycles. The van der Waals surface area contributed by atoms with Crippen LogP contribution in [0, 0.1) is 5.92 Å². The lowest BCUT2D eigenvalue weighted by atomic mass is 10.0. The highest BCUT2D eigenvalue weighted by Gasteiger charge is 2.32. The van der Waals surface area contributed by atoms with E-state index in [0.29, 0.717) is 13.0 Å². The van der Waals surface area contributed by atoms with Gasteiger partial charge in [0, 0.05) is 19.6 Å². The molecule has 9 nitrogen and oxygen atoms in total. The number of nitrogens with one attached hydrogen (secondary N) is 2. The molecule has 1 aliphatic heterocycles. The number of piperidine rings is 1. The van der Waals surface area contributed by atoms with Crippen molar-refractivity contribution in [3.05, 3.63) is 6.20 Å². The fourth-order valence-corrected chi connectivity index (χ4v) is 4.41. The molecule has 1 saturated heterocycles. The minimum absolute atomic E-state index is 0.00591. The van der Waals surface area contributed by atoms with Gasteiger partial charge >= 0.3 is 0 Å². The molecular formula is C10H19N5O4S2. The topological polar surface area (TPSA) is 138 Å². The van der Waals surface area contributed by atoms with E-state index in [9.17, 15) is 16.8 Å². The average Bonchev–Trinajstić information content (AvgIpc) is 2.83. The van der Waals surface area contributed by atoms with E-state index in [2.05, 4.69) is 14.9 Å². The van der Waals surface area contributed by atoms with Gasteiger partial charge in [-0.25, -0.2) is 21.6 Å². The third kappa shape index (κ3) is 3.93. The number of hydrogen-bond acceptors (Lipinski definition) is 6. The van der Waals surface area contributed by atoms with Crippen LogP contribution in [0.1, 0.15) is 12.8 Å². The number of nitrogen functional groups attached to an aromatic ring is 1. The second-order valence-corrected chi connectivity index (χ2v) is 8.88. The zero-order chi connectivity index (χ0) is 15.7. The van der Waals surface area contributed by atoms with Crippen LogP contribution in [0.3, 0.4) is 0 Å². The van der Waals surface area contributed by atoms with Crippen molar-refractivity contribution in [2.75, 3.05) is 31.6 Å². The maximum atomic E-state index is 12.5. The van der Waals surface area contributed by atoms with Crippen LogP contribution in [-0.4, -0.2) is 57.2 Å². The number of nitrogens with zero attached hydrogens (tertiary/aromatic N) is 2. The lowest BCUT2D eigenvalue weighted by molar-refractivity contribution is 0.267. The van der Waals surface area contributed by atoms with Gasteiger partial charge in [0.05, 0.1) is 12.5 Å². The van der Waals surface area contributed by atoms with Crippen molar-refractivity contribution in [1.82, 2.24) is 19.2 Å². The molecule has 1 atom stereocenters. The molecule has 1 aromatic heterocycles. The van der Waals surface area contributed by atoms with E-state index in [1.807, 2.05) is 0 Å². The summed E-state index contributed by atoms with van der Waals surface area (Å²) in [5.41, 5.74) is 5.57. The zero-order valence-electron chi connectivity index (χ0n) is 11.6. The maximum absolute atomic E-state index is 12.5. The fraction of sp³-hybridized carbons (Fsp3) is 0.700. The Morgan fingerprint density at radius 1 is 1.48 bits per heavy atom. The number of hydrogen-bond donors (Lipinski definition) is 3. The van der Waals surface area contributed by atoms with Crippen LogP contribution in [0.5, 0.6) is 0 Å². The molecule has 4 N–H and O–H groups in total. The van der Waals surface area contributed by atoms with Crippen molar-refractivity contribution in [3.63, 3.8) is 0 Å². The Bertz CT molecular complexity index is 697. The highest BCUT2D eigenvalue weighted by atomic mass is 32.2. The molecule has 1 aliphatic rings. The van der Waals surface area contributed by atoms with E-state index in [1.165, 1.54) is 10.5 Å². The van der Waals surface area contributed by atoms with Crippen molar-refractivity contribution in [3.8, 4) is 0 Å². The van der Waals surface area contributed by atoms with Crippen LogP contribution in [0.15, 0.2) is 11.1 Å². The molecule has 120 valence electrons. The van der Waals surface area contributed by atoms with Crippen LogP contribution in [-0.2, 0) is 20.0 Å². The number of H-pyrrole nitrogens is 1. The summed E-state index contributed by atoms with van der Waals surface area (Å²) in [6, 6.07) is 0.